The molecule has 1 fully saturated rings. The fraction of sp³-hybridized carbons (Fsp3) is 0.571. The highest BCUT2D eigenvalue weighted by Crippen LogP contribution is 2.32. The van der Waals surface area contributed by atoms with Crippen molar-refractivity contribution in [2.24, 2.45) is 0 Å². The van der Waals surface area contributed by atoms with Crippen molar-refractivity contribution in [3.8, 4) is 0 Å². The highest BCUT2D eigenvalue weighted by Gasteiger charge is 2.22. The Hall–Kier alpha value is -1.36. The summed E-state index contributed by atoms with van der Waals surface area (Å²) in [6.45, 7) is 5.34. The Labute approximate surface area is 117 Å². The molecule has 2 heterocycles. The van der Waals surface area contributed by atoms with Crippen LogP contribution in [0.3, 0.4) is 0 Å². The lowest BCUT2D eigenvalue weighted by Crippen LogP contribution is -2.37. The summed E-state index contributed by atoms with van der Waals surface area (Å²) in [7, 11) is 0. The predicted molar refractivity (Wildman–Crippen MR) is 78.8 cm³/mol. The van der Waals surface area contributed by atoms with Crippen LogP contribution in [0, 0.1) is 0 Å². The molecule has 0 radical (unpaired) electrons. The summed E-state index contributed by atoms with van der Waals surface area (Å²) in [5.41, 5.74) is 0.996. The number of piperidine rings is 1. The van der Waals surface area contributed by atoms with Crippen LogP contribution in [0.4, 0.5) is 5.13 Å². The third-order valence-electron chi connectivity index (χ3n) is 3.48. The maximum atomic E-state index is 10.6. The standard InChI is InChI=1S/C14H20N2O2S/c1-3-11-12(7-8-13(17)18)19-14(15-11)16-9-5-4-6-10(16)2/h7-8,10H,3-6,9H2,1-2H3,(H,17,18)/b8-7+. The molecule has 1 aliphatic rings. The minimum absolute atomic E-state index is 0.529. The Bertz CT molecular complexity index is 482. The van der Waals surface area contributed by atoms with Crippen LogP contribution >= 0.6 is 11.3 Å². The molecule has 1 unspecified atom stereocenters. The zero-order chi connectivity index (χ0) is 13.8. The van der Waals surface area contributed by atoms with E-state index in [9.17, 15) is 4.79 Å². The van der Waals surface area contributed by atoms with Crippen molar-refractivity contribution < 1.29 is 9.90 Å². The fourth-order valence-corrected chi connectivity index (χ4v) is 3.57. The number of carboxylic acid groups (broad SMARTS) is 1. The third-order valence-corrected chi connectivity index (χ3v) is 4.58. The maximum Gasteiger partial charge on any atom is 0.328 e. The molecule has 1 aromatic rings. The van der Waals surface area contributed by atoms with Gasteiger partial charge in [-0.25, -0.2) is 9.78 Å². The molecule has 1 atom stereocenters. The number of hydrogen-bond acceptors (Lipinski definition) is 4. The van der Waals surface area contributed by atoms with Gasteiger partial charge >= 0.3 is 5.97 Å². The lowest BCUT2D eigenvalue weighted by Gasteiger charge is -2.33. The maximum absolute atomic E-state index is 10.6. The van der Waals surface area contributed by atoms with E-state index in [0.29, 0.717) is 6.04 Å². The van der Waals surface area contributed by atoms with Crippen molar-refractivity contribution in [1.82, 2.24) is 4.98 Å². The van der Waals surface area contributed by atoms with Gasteiger partial charge in [-0.1, -0.05) is 18.3 Å². The summed E-state index contributed by atoms with van der Waals surface area (Å²) >= 11 is 1.60. The average molecular weight is 280 g/mol. The van der Waals surface area contributed by atoms with Crippen molar-refractivity contribution in [3.63, 3.8) is 0 Å². The number of aryl methyl sites for hydroxylation is 1. The molecule has 5 heteroatoms. The monoisotopic (exact) mass is 280 g/mol. The smallest absolute Gasteiger partial charge is 0.328 e. The molecule has 0 spiro atoms. The topological polar surface area (TPSA) is 53.4 Å². The molecular formula is C14H20N2O2S. The summed E-state index contributed by atoms with van der Waals surface area (Å²) in [4.78, 5) is 18.6. The van der Waals surface area contributed by atoms with E-state index >= 15 is 0 Å². The zero-order valence-corrected chi connectivity index (χ0v) is 12.2. The number of carboxylic acids is 1. The second-order valence-corrected chi connectivity index (χ2v) is 5.88. The molecule has 19 heavy (non-hydrogen) atoms. The SMILES string of the molecule is CCc1nc(N2CCCCC2C)sc1/C=C/C(=O)O. The zero-order valence-electron chi connectivity index (χ0n) is 11.4. The summed E-state index contributed by atoms with van der Waals surface area (Å²) < 4.78 is 0. The molecule has 0 saturated carbocycles. The normalized spacial score (nSPS) is 20.1. The first-order valence-corrected chi connectivity index (χ1v) is 7.60. The Morgan fingerprint density at radius 3 is 3.00 bits per heavy atom. The second kappa shape index (κ2) is 6.19. The molecule has 0 aliphatic carbocycles. The van der Waals surface area contributed by atoms with E-state index in [-0.39, 0.29) is 0 Å². The predicted octanol–water partition coefficient (Wildman–Crippen LogP) is 3.18. The van der Waals surface area contributed by atoms with Crippen LogP contribution in [0.1, 0.15) is 43.7 Å². The number of aromatic nitrogens is 1. The first-order valence-electron chi connectivity index (χ1n) is 6.79. The minimum atomic E-state index is -0.914. The van der Waals surface area contributed by atoms with Gasteiger partial charge in [-0.2, -0.15) is 0 Å². The van der Waals surface area contributed by atoms with Crippen molar-refractivity contribution >= 4 is 28.5 Å². The van der Waals surface area contributed by atoms with Gasteiger partial charge in [0.05, 0.1) is 10.6 Å². The Balaban J connectivity index is 2.24. The minimum Gasteiger partial charge on any atom is -0.478 e. The van der Waals surface area contributed by atoms with Gasteiger partial charge in [-0.3, -0.25) is 0 Å². The number of carbonyl (C=O) groups is 1. The number of anilines is 1. The molecule has 1 aliphatic heterocycles. The molecule has 0 aromatic carbocycles. The number of aliphatic carboxylic acids is 1. The first kappa shape index (κ1) is 14.1. The van der Waals surface area contributed by atoms with E-state index in [1.165, 1.54) is 25.3 Å². The van der Waals surface area contributed by atoms with E-state index in [0.717, 1.165) is 28.7 Å². The largest absolute Gasteiger partial charge is 0.478 e. The van der Waals surface area contributed by atoms with Crippen LogP contribution in [0.2, 0.25) is 0 Å². The molecule has 0 amide bonds. The highest BCUT2D eigenvalue weighted by molar-refractivity contribution is 7.16. The summed E-state index contributed by atoms with van der Waals surface area (Å²) in [6.07, 6.45) is 7.40. The van der Waals surface area contributed by atoms with Crippen LogP contribution in [0.25, 0.3) is 6.08 Å². The second-order valence-electron chi connectivity index (χ2n) is 4.87. The van der Waals surface area contributed by atoms with Gasteiger partial charge < -0.3 is 10.0 Å². The summed E-state index contributed by atoms with van der Waals surface area (Å²) in [5, 5.41) is 9.76. The van der Waals surface area contributed by atoms with Crippen molar-refractivity contribution in [2.75, 3.05) is 11.4 Å². The van der Waals surface area contributed by atoms with Crippen LogP contribution in [-0.4, -0.2) is 28.6 Å². The van der Waals surface area contributed by atoms with E-state index < -0.39 is 5.97 Å². The molecule has 0 bridgehead atoms. The highest BCUT2D eigenvalue weighted by atomic mass is 32.1. The van der Waals surface area contributed by atoms with Crippen LogP contribution in [0.15, 0.2) is 6.08 Å². The van der Waals surface area contributed by atoms with E-state index in [1.807, 2.05) is 0 Å². The number of rotatable bonds is 4. The molecule has 1 N–H and O–H groups in total. The lowest BCUT2D eigenvalue weighted by molar-refractivity contribution is -0.131. The molecule has 1 aromatic heterocycles. The van der Waals surface area contributed by atoms with Gasteiger partial charge in [0.15, 0.2) is 5.13 Å². The van der Waals surface area contributed by atoms with E-state index in [1.54, 1.807) is 17.4 Å². The van der Waals surface area contributed by atoms with Crippen LogP contribution in [0.5, 0.6) is 0 Å². The lowest BCUT2D eigenvalue weighted by atomic mass is 10.1. The van der Waals surface area contributed by atoms with Crippen molar-refractivity contribution in [2.45, 2.75) is 45.6 Å². The van der Waals surface area contributed by atoms with Gasteiger partial charge in [0.2, 0.25) is 0 Å². The van der Waals surface area contributed by atoms with Gasteiger partial charge in [-0.05, 0) is 38.7 Å². The molecular weight excluding hydrogens is 260 g/mol. The molecule has 1 saturated heterocycles. The summed E-state index contributed by atoms with van der Waals surface area (Å²) in [6, 6.07) is 0.529. The van der Waals surface area contributed by atoms with Crippen molar-refractivity contribution in [1.29, 1.82) is 0 Å². The van der Waals surface area contributed by atoms with Gasteiger partial charge in [0, 0.05) is 18.7 Å². The molecule has 2 rings (SSSR count). The number of nitrogens with zero attached hydrogens (tertiary/aromatic N) is 2. The van der Waals surface area contributed by atoms with Crippen LogP contribution in [-0.2, 0) is 11.2 Å². The fourth-order valence-electron chi connectivity index (χ4n) is 2.39. The Morgan fingerprint density at radius 1 is 1.58 bits per heavy atom. The van der Waals surface area contributed by atoms with Gasteiger partial charge in [0.25, 0.3) is 0 Å². The summed E-state index contributed by atoms with van der Waals surface area (Å²) in [5.74, 6) is -0.914. The Kier molecular flexibility index (Phi) is 4.58. The van der Waals surface area contributed by atoms with Gasteiger partial charge in [0.1, 0.15) is 0 Å². The Morgan fingerprint density at radius 2 is 2.37 bits per heavy atom. The van der Waals surface area contributed by atoms with Gasteiger partial charge in [-0.15, -0.1) is 0 Å². The number of hydrogen-bond donors (Lipinski definition) is 1. The van der Waals surface area contributed by atoms with Crippen LogP contribution < -0.4 is 4.90 Å². The third kappa shape index (κ3) is 3.35. The average Bonchev–Trinajstić information content (AvgIpc) is 2.80. The molecule has 4 nitrogen and oxygen atoms in total. The first-order chi connectivity index (χ1) is 9.11. The van der Waals surface area contributed by atoms with E-state index in [2.05, 4.69) is 23.7 Å². The number of thiazole rings is 1. The quantitative estimate of drug-likeness (QED) is 0.861. The van der Waals surface area contributed by atoms with E-state index in [4.69, 9.17) is 5.11 Å². The van der Waals surface area contributed by atoms with Crippen molar-refractivity contribution in [3.05, 3.63) is 16.6 Å². The molecule has 104 valence electrons.